The van der Waals surface area contributed by atoms with Crippen LogP contribution in [0.2, 0.25) is 0 Å². The Kier molecular flexibility index (Phi) is 3.29. The minimum atomic E-state index is -0.607. The highest BCUT2D eigenvalue weighted by atomic mass is 16.5. The Morgan fingerprint density at radius 3 is 2.52 bits per heavy atom. The van der Waals surface area contributed by atoms with Crippen LogP contribution in [0.25, 0.3) is 0 Å². The average molecular weight is 282 g/mol. The van der Waals surface area contributed by atoms with Gasteiger partial charge in [-0.1, -0.05) is 30.3 Å². The van der Waals surface area contributed by atoms with Crippen molar-refractivity contribution in [3.63, 3.8) is 0 Å². The zero-order valence-electron chi connectivity index (χ0n) is 12.1. The number of carbonyl (C=O) groups is 1. The molecule has 0 saturated carbocycles. The van der Waals surface area contributed by atoms with Crippen LogP contribution in [0.1, 0.15) is 25.5 Å². The molecule has 0 radical (unpaired) electrons. The summed E-state index contributed by atoms with van der Waals surface area (Å²) in [4.78, 5) is 14.6. The van der Waals surface area contributed by atoms with E-state index >= 15 is 0 Å². The van der Waals surface area contributed by atoms with E-state index in [-0.39, 0.29) is 11.9 Å². The fourth-order valence-electron chi connectivity index (χ4n) is 2.62. The summed E-state index contributed by atoms with van der Waals surface area (Å²) in [6.07, 6.45) is -0.607. The zero-order valence-corrected chi connectivity index (χ0v) is 12.1. The van der Waals surface area contributed by atoms with Gasteiger partial charge in [0.25, 0.3) is 5.91 Å². The van der Waals surface area contributed by atoms with Crippen LogP contribution in [-0.2, 0) is 4.79 Å². The standard InChI is InChI=1S/C17H18N2O2/c1-11(2)19-14-10-13(18)8-9-15(14)21-16(17(19)20)12-6-4-3-5-7-12/h3-11,16H,18H2,1-2H3. The topological polar surface area (TPSA) is 55.6 Å². The number of nitrogen functional groups attached to an aromatic ring is 1. The van der Waals surface area contributed by atoms with Gasteiger partial charge < -0.3 is 15.4 Å². The molecule has 1 aliphatic rings. The molecule has 108 valence electrons. The Bertz CT molecular complexity index is 668. The van der Waals surface area contributed by atoms with Gasteiger partial charge in [0.2, 0.25) is 6.10 Å². The van der Waals surface area contributed by atoms with E-state index in [9.17, 15) is 4.79 Å². The molecule has 1 atom stereocenters. The van der Waals surface area contributed by atoms with Gasteiger partial charge in [0.1, 0.15) is 5.75 Å². The maximum absolute atomic E-state index is 12.8. The van der Waals surface area contributed by atoms with Crippen LogP contribution in [0.4, 0.5) is 11.4 Å². The Balaban J connectivity index is 2.09. The van der Waals surface area contributed by atoms with Crippen molar-refractivity contribution in [1.29, 1.82) is 0 Å². The molecule has 1 unspecified atom stereocenters. The normalized spacial score (nSPS) is 17.6. The SMILES string of the molecule is CC(C)N1C(=O)C(c2ccccc2)Oc2ccc(N)cc21. The third kappa shape index (κ3) is 2.33. The molecule has 2 N–H and O–H groups in total. The summed E-state index contributed by atoms with van der Waals surface area (Å²) in [6.45, 7) is 3.97. The maximum atomic E-state index is 12.8. The third-order valence-corrected chi connectivity index (χ3v) is 3.57. The molecule has 0 saturated heterocycles. The Morgan fingerprint density at radius 1 is 1.14 bits per heavy atom. The number of benzene rings is 2. The molecule has 21 heavy (non-hydrogen) atoms. The molecule has 0 spiro atoms. The second-order valence-corrected chi connectivity index (χ2v) is 5.44. The number of nitrogens with zero attached hydrogens (tertiary/aromatic N) is 1. The number of carbonyl (C=O) groups excluding carboxylic acids is 1. The fraction of sp³-hybridized carbons (Fsp3) is 0.235. The number of anilines is 2. The van der Waals surface area contributed by atoms with E-state index in [1.54, 1.807) is 17.0 Å². The predicted molar refractivity (Wildman–Crippen MR) is 83.3 cm³/mol. The van der Waals surface area contributed by atoms with Gasteiger partial charge in [0.05, 0.1) is 5.69 Å². The van der Waals surface area contributed by atoms with Gasteiger partial charge in [-0.15, -0.1) is 0 Å². The first-order chi connectivity index (χ1) is 10.1. The summed E-state index contributed by atoms with van der Waals surface area (Å²) in [7, 11) is 0. The summed E-state index contributed by atoms with van der Waals surface area (Å²) in [5.41, 5.74) is 8.06. The number of hydrogen-bond acceptors (Lipinski definition) is 3. The lowest BCUT2D eigenvalue weighted by Gasteiger charge is -2.37. The minimum Gasteiger partial charge on any atom is -0.474 e. The lowest BCUT2D eigenvalue weighted by molar-refractivity contribution is -0.127. The van der Waals surface area contributed by atoms with Crippen LogP contribution in [0.15, 0.2) is 48.5 Å². The van der Waals surface area contributed by atoms with Gasteiger partial charge in [-0.2, -0.15) is 0 Å². The van der Waals surface area contributed by atoms with Crippen LogP contribution in [0.5, 0.6) is 5.75 Å². The molecular weight excluding hydrogens is 264 g/mol. The minimum absolute atomic E-state index is 0.0353. The van der Waals surface area contributed by atoms with Crippen molar-refractivity contribution >= 4 is 17.3 Å². The molecule has 2 aromatic rings. The molecule has 2 aromatic carbocycles. The molecule has 3 rings (SSSR count). The molecule has 4 heteroatoms. The highest BCUT2D eigenvalue weighted by Gasteiger charge is 2.36. The van der Waals surface area contributed by atoms with Gasteiger partial charge in [0, 0.05) is 17.3 Å². The Morgan fingerprint density at radius 2 is 1.86 bits per heavy atom. The summed E-state index contributed by atoms with van der Waals surface area (Å²) in [5.74, 6) is 0.626. The molecule has 1 amide bonds. The first-order valence-corrected chi connectivity index (χ1v) is 7.02. The van der Waals surface area contributed by atoms with Gasteiger partial charge in [-0.05, 0) is 32.0 Å². The van der Waals surface area contributed by atoms with Crippen LogP contribution in [-0.4, -0.2) is 11.9 Å². The van der Waals surface area contributed by atoms with Crippen molar-refractivity contribution in [2.75, 3.05) is 10.6 Å². The summed E-state index contributed by atoms with van der Waals surface area (Å²) in [6, 6.07) is 15.0. The number of nitrogens with two attached hydrogens (primary N) is 1. The highest BCUT2D eigenvalue weighted by molar-refractivity contribution is 6.01. The average Bonchev–Trinajstić information content (AvgIpc) is 2.47. The van der Waals surface area contributed by atoms with Gasteiger partial charge in [-0.25, -0.2) is 0 Å². The van der Waals surface area contributed by atoms with Crippen molar-refractivity contribution in [3.8, 4) is 5.75 Å². The van der Waals surface area contributed by atoms with E-state index in [0.29, 0.717) is 11.4 Å². The predicted octanol–water partition coefficient (Wildman–Crippen LogP) is 3.14. The van der Waals surface area contributed by atoms with E-state index < -0.39 is 6.10 Å². The number of ether oxygens (including phenoxy) is 1. The zero-order chi connectivity index (χ0) is 15.0. The number of fused-ring (bicyclic) bond motifs is 1. The quantitative estimate of drug-likeness (QED) is 0.861. The van der Waals surface area contributed by atoms with Crippen LogP contribution in [0, 0.1) is 0 Å². The summed E-state index contributed by atoms with van der Waals surface area (Å²) < 4.78 is 5.92. The number of rotatable bonds is 2. The molecule has 0 aliphatic carbocycles. The monoisotopic (exact) mass is 282 g/mol. The van der Waals surface area contributed by atoms with Crippen molar-refractivity contribution in [2.24, 2.45) is 0 Å². The molecule has 0 aromatic heterocycles. The molecule has 0 fully saturated rings. The van der Waals surface area contributed by atoms with Crippen molar-refractivity contribution in [1.82, 2.24) is 0 Å². The van der Waals surface area contributed by atoms with Gasteiger partial charge in [0.15, 0.2) is 0 Å². The van der Waals surface area contributed by atoms with Gasteiger partial charge >= 0.3 is 0 Å². The molecule has 1 aliphatic heterocycles. The van der Waals surface area contributed by atoms with Crippen LogP contribution in [0.3, 0.4) is 0 Å². The first-order valence-electron chi connectivity index (χ1n) is 7.02. The highest BCUT2D eigenvalue weighted by Crippen LogP contribution is 2.40. The molecule has 1 heterocycles. The van der Waals surface area contributed by atoms with Crippen LogP contribution >= 0.6 is 0 Å². The first kappa shape index (κ1) is 13.5. The third-order valence-electron chi connectivity index (χ3n) is 3.57. The molecular formula is C17H18N2O2. The maximum Gasteiger partial charge on any atom is 0.273 e. The van der Waals surface area contributed by atoms with Gasteiger partial charge in [-0.3, -0.25) is 4.79 Å². The van der Waals surface area contributed by atoms with Crippen LogP contribution < -0.4 is 15.4 Å². The van der Waals surface area contributed by atoms with Crippen molar-refractivity contribution < 1.29 is 9.53 Å². The van der Waals surface area contributed by atoms with Crippen molar-refractivity contribution in [3.05, 3.63) is 54.1 Å². The smallest absolute Gasteiger partial charge is 0.273 e. The van der Waals surface area contributed by atoms with E-state index in [4.69, 9.17) is 10.5 Å². The number of amides is 1. The summed E-state index contributed by atoms with van der Waals surface area (Å²) in [5, 5.41) is 0. The van der Waals surface area contributed by atoms with Crippen molar-refractivity contribution in [2.45, 2.75) is 26.0 Å². The molecule has 0 bridgehead atoms. The Labute approximate surface area is 124 Å². The second-order valence-electron chi connectivity index (χ2n) is 5.44. The largest absolute Gasteiger partial charge is 0.474 e. The van der Waals surface area contributed by atoms with E-state index in [1.807, 2.05) is 50.2 Å². The fourth-order valence-corrected chi connectivity index (χ4v) is 2.62. The van der Waals surface area contributed by atoms with E-state index in [2.05, 4.69) is 0 Å². The second kappa shape index (κ2) is 5.13. The lowest BCUT2D eigenvalue weighted by Crippen LogP contribution is -2.45. The number of hydrogen-bond donors (Lipinski definition) is 1. The molecule has 4 nitrogen and oxygen atoms in total. The summed E-state index contributed by atoms with van der Waals surface area (Å²) >= 11 is 0. The van der Waals surface area contributed by atoms with E-state index in [1.165, 1.54) is 0 Å². The Hall–Kier alpha value is -2.49. The lowest BCUT2D eigenvalue weighted by atomic mass is 10.0. The van der Waals surface area contributed by atoms with E-state index in [0.717, 1.165) is 11.3 Å².